The molecule has 0 aromatic carbocycles. The van der Waals surface area contributed by atoms with Crippen LogP contribution in [0.25, 0.3) is 0 Å². The van der Waals surface area contributed by atoms with Crippen molar-refractivity contribution >= 4 is 17.9 Å². The molecule has 73 heavy (non-hydrogen) atoms. The summed E-state index contributed by atoms with van der Waals surface area (Å²) in [7, 11) is 0. The fraction of sp³-hybridized carbons (Fsp3) is 0.896. The van der Waals surface area contributed by atoms with Gasteiger partial charge in [-0.15, -0.1) is 0 Å². The molecule has 0 radical (unpaired) electrons. The van der Waals surface area contributed by atoms with Gasteiger partial charge in [0.25, 0.3) is 0 Å². The highest BCUT2D eigenvalue weighted by Crippen LogP contribution is 2.18. The largest absolute Gasteiger partial charge is 0.462 e. The Labute approximate surface area is 455 Å². The van der Waals surface area contributed by atoms with Gasteiger partial charge in [-0.3, -0.25) is 14.4 Å². The summed E-state index contributed by atoms with van der Waals surface area (Å²) in [4.78, 5) is 37.9. The third kappa shape index (κ3) is 60.6. The highest BCUT2D eigenvalue weighted by atomic mass is 16.6. The average molecular weight is 1030 g/mol. The molecular weight excluding hydrogens is 901 g/mol. The zero-order valence-corrected chi connectivity index (χ0v) is 49.4. The molecule has 0 saturated carbocycles. The third-order valence-corrected chi connectivity index (χ3v) is 14.9. The lowest BCUT2D eigenvalue weighted by atomic mass is 10.0. The Morgan fingerprint density at radius 1 is 0.260 bits per heavy atom. The summed E-state index contributed by atoms with van der Waals surface area (Å²) in [6, 6.07) is 0. The molecule has 0 aromatic rings. The van der Waals surface area contributed by atoms with Crippen molar-refractivity contribution in [1.29, 1.82) is 0 Å². The lowest BCUT2D eigenvalue weighted by molar-refractivity contribution is -0.167. The van der Waals surface area contributed by atoms with Gasteiger partial charge in [-0.1, -0.05) is 302 Å². The quantitative estimate of drug-likeness (QED) is 0.0261. The van der Waals surface area contributed by atoms with Crippen molar-refractivity contribution in [3.8, 4) is 0 Å². The molecule has 0 aliphatic carbocycles. The van der Waals surface area contributed by atoms with E-state index >= 15 is 0 Å². The Morgan fingerprint density at radius 3 is 0.685 bits per heavy atom. The lowest BCUT2D eigenvalue weighted by Gasteiger charge is -2.18. The van der Waals surface area contributed by atoms with Crippen LogP contribution < -0.4 is 0 Å². The Bertz CT molecular complexity index is 1180. The molecule has 0 saturated heterocycles. The highest BCUT2D eigenvalue weighted by molar-refractivity contribution is 5.71. The number of carbonyl (C=O) groups excluding carboxylic acids is 3. The smallest absolute Gasteiger partial charge is 0.306 e. The summed E-state index contributed by atoms with van der Waals surface area (Å²) in [5.41, 5.74) is 0. The molecule has 0 N–H and O–H groups in total. The zero-order valence-electron chi connectivity index (χ0n) is 49.4. The van der Waals surface area contributed by atoms with E-state index < -0.39 is 6.10 Å². The lowest BCUT2D eigenvalue weighted by Crippen LogP contribution is -2.30. The Hall–Kier alpha value is -2.11. The highest BCUT2D eigenvalue weighted by Gasteiger charge is 2.19. The number of hydrogen-bond acceptors (Lipinski definition) is 6. The topological polar surface area (TPSA) is 78.9 Å². The standard InChI is InChI=1S/C67H126O6/c1-4-7-10-13-16-18-20-22-24-26-27-28-29-30-31-32-33-34-35-36-37-38-39-40-41-42-44-45-47-49-51-54-57-60-66(69)72-63-64(62-71-65(68)59-56-53-15-12-9-6-3)73-67(70)61-58-55-52-50-48-46-43-25-23-21-19-17-14-11-8-5-2/h25-27,43,64H,4-24,28-42,44-63H2,1-3H3/b27-26-,43-25-. The second kappa shape index (κ2) is 62.4. The fourth-order valence-electron chi connectivity index (χ4n) is 9.97. The van der Waals surface area contributed by atoms with Gasteiger partial charge in [-0.05, 0) is 70.6 Å². The van der Waals surface area contributed by atoms with Gasteiger partial charge in [0, 0.05) is 19.3 Å². The molecule has 0 rings (SSSR count). The van der Waals surface area contributed by atoms with Gasteiger partial charge in [-0.25, -0.2) is 0 Å². The molecule has 0 amide bonds. The third-order valence-electron chi connectivity index (χ3n) is 14.9. The Balaban J connectivity index is 3.91. The van der Waals surface area contributed by atoms with Crippen LogP contribution in [-0.2, 0) is 28.6 Å². The van der Waals surface area contributed by atoms with E-state index in [0.29, 0.717) is 19.3 Å². The number of allylic oxidation sites excluding steroid dienone is 4. The van der Waals surface area contributed by atoms with E-state index in [1.165, 1.54) is 263 Å². The zero-order chi connectivity index (χ0) is 52.9. The monoisotopic (exact) mass is 1030 g/mol. The van der Waals surface area contributed by atoms with Crippen LogP contribution in [0.3, 0.4) is 0 Å². The molecule has 0 aliphatic rings. The van der Waals surface area contributed by atoms with Crippen LogP contribution in [0.4, 0.5) is 0 Å². The van der Waals surface area contributed by atoms with Crippen LogP contribution in [0.15, 0.2) is 24.3 Å². The number of rotatable bonds is 61. The fourth-order valence-corrected chi connectivity index (χ4v) is 9.97. The van der Waals surface area contributed by atoms with E-state index in [1.54, 1.807) is 0 Å². The molecular formula is C67H126O6. The first-order valence-corrected chi connectivity index (χ1v) is 32.8. The van der Waals surface area contributed by atoms with Crippen LogP contribution in [0.1, 0.15) is 367 Å². The number of esters is 3. The molecule has 6 heteroatoms. The number of ether oxygens (including phenoxy) is 3. The van der Waals surface area contributed by atoms with E-state index in [9.17, 15) is 14.4 Å². The van der Waals surface area contributed by atoms with Gasteiger partial charge in [0.1, 0.15) is 13.2 Å². The van der Waals surface area contributed by atoms with Crippen molar-refractivity contribution < 1.29 is 28.6 Å². The van der Waals surface area contributed by atoms with E-state index in [2.05, 4.69) is 45.1 Å². The molecule has 0 heterocycles. The predicted molar refractivity (Wildman–Crippen MR) is 316 cm³/mol. The summed E-state index contributed by atoms with van der Waals surface area (Å²) in [6.45, 7) is 6.62. The van der Waals surface area contributed by atoms with Crippen molar-refractivity contribution in [2.45, 2.75) is 374 Å². The van der Waals surface area contributed by atoms with Crippen LogP contribution in [0.5, 0.6) is 0 Å². The van der Waals surface area contributed by atoms with E-state index in [0.717, 1.165) is 64.2 Å². The van der Waals surface area contributed by atoms with Crippen molar-refractivity contribution in [3.63, 3.8) is 0 Å². The second-order valence-corrected chi connectivity index (χ2v) is 22.4. The van der Waals surface area contributed by atoms with E-state index in [-0.39, 0.29) is 31.1 Å². The summed E-state index contributed by atoms with van der Waals surface area (Å²) >= 11 is 0. The minimum Gasteiger partial charge on any atom is -0.462 e. The first kappa shape index (κ1) is 70.9. The van der Waals surface area contributed by atoms with Gasteiger partial charge in [0.2, 0.25) is 0 Å². The van der Waals surface area contributed by atoms with Crippen molar-refractivity contribution in [1.82, 2.24) is 0 Å². The molecule has 0 spiro atoms. The number of unbranched alkanes of at least 4 members (excludes halogenated alkanes) is 46. The van der Waals surface area contributed by atoms with Crippen LogP contribution in [-0.4, -0.2) is 37.2 Å². The van der Waals surface area contributed by atoms with Gasteiger partial charge in [0.05, 0.1) is 0 Å². The van der Waals surface area contributed by atoms with E-state index in [1.807, 2.05) is 0 Å². The maximum absolute atomic E-state index is 12.8. The SMILES string of the molecule is CCCCCCCCC/C=C\CCCCCCCC(=O)OC(COC(=O)CCCCCCCC)COC(=O)CCCCCCCCCCCCCCCCCCCCCCC/C=C\CCCCCCCCCC. The molecule has 6 nitrogen and oxygen atoms in total. The Kier molecular flexibility index (Phi) is 60.6. The first-order chi connectivity index (χ1) is 36.0. The second-order valence-electron chi connectivity index (χ2n) is 22.4. The average Bonchev–Trinajstić information content (AvgIpc) is 3.39. The van der Waals surface area contributed by atoms with Crippen molar-refractivity contribution in [3.05, 3.63) is 24.3 Å². The molecule has 0 aromatic heterocycles. The molecule has 1 unspecified atom stereocenters. The Morgan fingerprint density at radius 2 is 0.452 bits per heavy atom. The van der Waals surface area contributed by atoms with Gasteiger partial charge >= 0.3 is 17.9 Å². The first-order valence-electron chi connectivity index (χ1n) is 32.8. The maximum atomic E-state index is 12.8. The van der Waals surface area contributed by atoms with Crippen LogP contribution >= 0.6 is 0 Å². The summed E-state index contributed by atoms with van der Waals surface area (Å²) in [6.07, 6.45) is 75.4. The molecule has 0 fully saturated rings. The summed E-state index contributed by atoms with van der Waals surface area (Å²) in [5.74, 6) is -0.867. The van der Waals surface area contributed by atoms with Crippen molar-refractivity contribution in [2.24, 2.45) is 0 Å². The summed E-state index contributed by atoms with van der Waals surface area (Å²) in [5, 5.41) is 0. The minimum atomic E-state index is -0.769. The van der Waals surface area contributed by atoms with E-state index in [4.69, 9.17) is 14.2 Å². The molecule has 0 bridgehead atoms. The van der Waals surface area contributed by atoms with Gasteiger partial charge in [0.15, 0.2) is 6.10 Å². The molecule has 0 aliphatic heterocycles. The normalized spacial score (nSPS) is 12.1. The minimum absolute atomic E-state index is 0.0698. The van der Waals surface area contributed by atoms with Gasteiger partial charge in [-0.2, -0.15) is 0 Å². The molecule has 430 valence electrons. The van der Waals surface area contributed by atoms with Gasteiger partial charge < -0.3 is 14.2 Å². The van der Waals surface area contributed by atoms with Crippen LogP contribution in [0.2, 0.25) is 0 Å². The number of carbonyl (C=O) groups is 3. The summed E-state index contributed by atoms with van der Waals surface area (Å²) < 4.78 is 16.8. The number of hydrogen-bond donors (Lipinski definition) is 0. The molecule has 1 atom stereocenters. The predicted octanol–water partition coefficient (Wildman–Crippen LogP) is 22.2. The maximum Gasteiger partial charge on any atom is 0.306 e. The van der Waals surface area contributed by atoms with Crippen molar-refractivity contribution in [2.75, 3.05) is 13.2 Å². The van der Waals surface area contributed by atoms with Crippen LogP contribution in [0, 0.1) is 0 Å².